The maximum absolute atomic E-state index is 13.7. The number of anilines is 1. The van der Waals surface area contributed by atoms with E-state index in [4.69, 9.17) is 21.8 Å². The van der Waals surface area contributed by atoms with E-state index in [0.29, 0.717) is 25.2 Å². The van der Waals surface area contributed by atoms with Crippen molar-refractivity contribution < 1.29 is 31.8 Å². The number of benzene rings is 1. The summed E-state index contributed by atoms with van der Waals surface area (Å²) >= 11 is 6.20. The number of nitrogens with two attached hydrogens (primary N) is 1. The molecular weight excluding hydrogens is 429 g/mol. The van der Waals surface area contributed by atoms with Crippen LogP contribution in [0.4, 0.5) is 18.9 Å². The van der Waals surface area contributed by atoms with Gasteiger partial charge in [-0.25, -0.2) is 0 Å². The van der Waals surface area contributed by atoms with Crippen molar-refractivity contribution in [2.75, 3.05) is 18.0 Å². The number of alkyl halides is 3. The third kappa shape index (κ3) is 3.19. The van der Waals surface area contributed by atoms with Gasteiger partial charge in [-0.15, -0.1) is 9.46 Å². The number of hydrogen-bond donors (Lipinski definition) is 1. The van der Waals surface area contributed by atoms with Gasteiger partial charge in [0.2, 0.25) is 0 Å². The van der Waals surface area contributed by atoms with E-state index in [1.165, 1.54) is 12.1 Å². The molecule has 8 nitrogen and oxygen atoms in total. The molecule has 3 heterocycles. The van der Waals surface area contributed by atoms with Crippen LogP contribution in [0.1, 0.15) is 28.4 Å². The van der Waals surface area contributed by atoms with Gasteiger partial charge in [0.25, 0.3) is 16.8 Å². The molecule has 1 aliphatic heterocycles. The molecule has 0 spiro atoms. The second kappa shape index (κ2) is 7.03. The summed E-state index contributed by atoms with van der Waals surface area (Å²) in [4.78, 5) is 14.4. The summed E-state index contributed by atoms with van der Waals surface area (Å²) in [5, 5.41) is 25.6. The molecule has 1 aliphatic rings. The molecule has 0 aliphatic carbocycles. The monoisotopic (exact) mass is 442 g/mol. The number of carbonyl (C=O) groups excluding carboxylic acids is 1. The lowest BCUT2D eigenvalue weighted by molar-refractivity contribution is -0.647. The van der Waals surface area contributed by atoms with Crippen LogP contribution >= 0.6 is 11.6 Å². The molecule has 3 aromatic rings. The first-order valence-corrected chi connectivity index (χ1v) is 9.15. The van der Waals surface area contributed by atoms with Crippen LogP contribution in [0, 0.1) is 10.4 Å². The van der Waals surface area contributed by atoms with E-state index < -0.39 is 44.9 Å². The van der Waals surface area contributed by atoms with Gasteiger partial charge in [0, 0.05) is 31.3 Å². The smallest absolute Gasteiger partial charge is 0.486 e. The zero-order valence-corrected chi connectivity index (χ0v) is 15.9. The van der Waals surface area contributed by atoms with Crippen molar-refractivity contribution >= 4 is 34.1 Å². The van der Waals surface area contributed by atoms with Crippen LogP contribution in [-0.2, 0) is 6.18 Å². The van der Waals surface area contributed by atoms with Gasteiger partial charge in [0.15, 0.2) is 5.76 Å². The highest BCUT2D eigenvalue weighted by Gasteiger charge is 2.52. The van der Waals surface area contributed by atoms with Crippen molar-refractivity contribution in [3.8, 4) is 0 Å². The first kappa shape index (κ1) is 20.2. The lowest BCUT2D eigenvalue weighted by atomic mass is 10.1. The summed E-state index contributed by atoms with van der Waals surface area (Å²) in [6.45, 7) is 0.932. The van der Waals surface area contributed by atoms with Gasteiger partial charge in [0.05, 0.1) is 17.0 Å². The standard InChI is InChI=1S/C18H14ClF3N4O4/c19-10-6-12-13(7-11(10)24-4-3-9(23)8-24)25(28)15(16(27)14-2-1-5-30-14)17(26(12)29)18(20,21)22/h1-2,5-7,9H,3-4,8,23H2. The Morgan fingerprint density at radius 2 is 1.97 bits per heavy atom. The van der Waals surface area contributed by atoms with Crippen LogP contribution < -0.4 is 20.1 Å². The Kier molecular flexibility index (Phi) is 4.74. The van der Waals surface area contributed by atoms with E-state index in [2.05, 4.69) is 0 Å². The average molecular weight is 443 g/mol. The van der Waals surface area contributed by atoms with Gasteiger partial charge in [-0.1, -0.05) is 11.6 Å². The first-order valence-electron chi connectivity index (χ1n) is 8.78. The predicted octanol–water partition coefficient (Wildman–Crippen LogP) is 2.14. The number of fused-ring (bicyclic) bond motifs is 1. The number of halogens is 4. The van der Waals surface area contributed by atoms with Crippen molar-refractivity contribution in [2.45, 2.75) is 18.6 Å². The molecule has 12 heteroatoms. The molecule has 1 atom stereocenters. The maximum Gasteiger partial charge on any atom is 0.486 e. The molecule has 1 unspecified atom stereocenters. The van der Waals surface area contributed by atoms with Crippen LogP contribution in [-0.4, -0.2) is 24.9 Å². The van der Waals surface area contributed by atoms with Crippen molar-refractivity contribution in [3.63, 3.8) is 0 Å². The highest BCUT2D eigenvalue weighted by atomic mass is 35.5. The molecule has 1 fully saturated rings. The van der Waals surface area contributed by atoms with Crippen LogP contribution in [0.15, 0.2) is 34.9 Å². The van der Waals surface area contributed by atoms with Crippen molar-refractivity contribution in [2.24, 2.45) is 5.73 Å². The van der Waals surface area contributed by atoms with Gasteiger partial charge in [-0.3, -0.25) is 4.79 Å². The summed E-state index contributed by atoms with van der Waals surface area (Å²) in [6.07, 6.45) is -3.56. The SMILES string of the molecule is NC1CCN(c2cc3c(cc2Cl)[n+]([O-])c(C(F)(F)F)c(C(=O)c2ccco2)[n+]3[O-])C1. The number of hydrogen-bond acceptors (Lipinski definition) is 6. The summed E-state index contributed by atoms with van der Waals surface area (Å²) < 4.78 is 45.2. The Balaban J connectivity index is 2.02. The van der Waals surface area contributed by atoms with E-state index in [0.717, 1.165) is 18.4 Å². The van der Waals surface area contributed by atoms with E-state index in [1.54, 1.807) is 4.90 Å². The first-order chi connectivity index (χ1) is 14.1. The fourth-order valence-electron chi connectivity index (χ4n) is 3.52. The molecular formula is C18H14ClF3N4O4. The molecule has 158 valence electrons. The third-order valence-corrected chi connectivity index (χ3v) is 5.21. The zero-order chi connectivity index (χ0) is 21.8. The minimum atomic E-state index is -5.29. The Morgan fingerprint density at radius 1 is 1.27 bits per heavy atom. The normalized spacial score (nSPS) is 17.1. The Bertz CT molecular complexity index is 1150. The van der Waals surface area contributed by atoms with E-state index in [1.807, 2.05) is 0 Å². The highest BCUT2D eigenvalue weighted by Crippen LogP contribution is 2.34. The van der Waals surface area contributed by atoms with Gasteiger partial charge in [0.1, 0.15) is 0 Å². The van der Waals surface area contributed by atoms with Crippen LogP contribution in [0.3, 0.4) is 0 Å². The molecule has 0 amide bonds. The molecule has 0 saturated carbocycles. The Labute approximate surface area is 172 Å². The molecule has 30 heavy (non-hydrogen) atoms. The molecule has 0 radical (unpaired) electrons. The minimum Gasteiger partial charge on any atom is -0.618 e. The summed E-state index contributed by atoms with van der Waals surface area (Å²) in [7, 11) is 0. The summed E-state index contributed by atoms with van der Waals surface area (Å²) in [5.41, 5.74) is 1.82. The predicted molar refractivity (Wildman–Crippen MR) is 98.8 cm³/mol. The summed E-state index contributed by atoms with van der Waals surface area (Å²) in [6, 6.07) is 4.41. The van der Waals surface area contributed by atoms with Crippen LogP contribution in [0.25, 0.3) is 11.0 Å². The number of furan rings is 1. The number of carbonyl (C=O) groups is 1. The molecule has 1 saturated heterocycles. The average Bonchev–Trinajstić information content (AvgIpc) is 3.34. The molecule has 4 rings (SSSR count). The van der Waals surface area contributed by atoms with Crippen LogP contribution in [0.2, 0.25) is 5.02 Å². The molecule has 0 bridgehead atoms. The van der Waals surface area contributed by atoms with Crippen LogP contribution in [0.5, 0.6) is 0 Å². The van der Waals surface area contributed by atoms with Crippen molar-refractivity contribution in [3.05, 3.63) is 63.1 Å². The number of aromatic nitrogens is 2. The van der Waals surface area contributed by atoms with Gasteiger partial charge in [-0.05, 0) is 18.6 Å². The van der Waals surface area contributed by atoms with Gasteiger partial charge >= 0.3 is 17.6 Å². The largest absolute Gasteiger partial charge is 0.618 e. The fourth-order valence-corrected chi connectivity index (χ4v) is 3.80. The van der Waals surface area contributed by atoms with Crippen molar-refractivity contribution in [1.29, 1.82) is 0 Å². The molecule has 2 N–H and O–H groups in total. The Morgan fingerprint density at radius 3 is 2.53 bits per heavy atom. The maximum atomic E-state index is 13.7. The third-order valence-electron chi connectivity index (χ3n) is 4.91. The molecule has 1 aromatic carbocycles. The number of ketones is 1. The van der Waals surface area contributed by atoms with Gasteiger partial charge < -0.3 is 25.5 Å². The topological polar surface area (TPSA) is 113 Å². The number of nitrogens with zero attached hydrogens (tertiary/aromatic N) is 3. The second-order valence-corrected chi connectivity index (χ2v) is 7.28. The van der Waals surface area contributed by atoms with E-state index >= 15 is 0 Å². The minimum absolute atomic E-state index is 0.0144. The van der Waals surface area contributed by atoms with Gasteiger partial charge in [-0.2, -0.15) is 13.2 Å². The zero-order valence-electron chi connectivity index (χ0n) is 15.1. The lowest BCUT2D eigenvalue weighted by Crippen LogP contribution is -2.50. The number of rotatable bonds is 3. The summed E-state index contributed by atoms with van der Waals surface area (Å²) in [5.74, 6) is -1.88. The second-order valence-electron chi connectivity index (χ2n) is 6.88. The fraction of sp³-hybridized carbons (Fsp3) is 0.278. The van der Waals surface area contributed by atoms with Crippen molar-refractivity contribution in [1.82, 2.24) is 0 Å². The Hall–Kier alpha value is -3.05. The highest BCUT2D eigenvalue weighted by molar-refractivity contribution is 6.34. The van der Waals surface area contributed by atoms with E-state index in [-0.39, 0.29) is 15.8 Å². The van der Waals surface area contributed by atoms with E-state index in [9.17, 15) is 28.4 Å². The quantitative estimate of drug-likeness (QED) is 0.378. The lowest BCUT2D eigenvalue weighted by Gasteiger charge is -2.20. The molecule has 2 aromatic heterocycles.